The van der Waals surface area contributed by atoms with Gasteiger partial charge in [0.1, 0.15) is 5.82 Å². The number of para-hydroxylation sites is 1. The number of benzene rings is 2. The number of nitrogens with zero attached hydrogens (tertiary/aromatic N) is 2. The van der Waals surface area contributed by atoms with Crippen molar-refractivity contribution in [2.45, 2.75) is 27.7 Å². The average Bonchev–Trinajstić information content (AvgIpc) is 2.54. The highest BCUT2D eigenvalue weighted by Gasteiger charge is 2.21. The maximum atomic E-state index is 12.9. The predicted octanol–water partition coefficient (Wildman–Crippen LogP) is 3.68. The molecular weight excluding hydrogens is 314 g/mol. The monoisotopic (exact) mass is 335 g/mol. The van der Waals surface area contributed by atoms with E-state index < -0.39 is 5.41 Å². The number of rotatable bonds is 2. The molecule has 1 aromatic heterocycles. The van der Waals surface area contributed by atoms with Crippen molar-refractivity contribution in [2.75, 3.05) is 5.32 Å². The lowest BCUT2D eigenvalue weighted by molar-refractivity contribution is -0.123. The molecule has 3 rings (SSSR count). The van der Waals surface area contributed by atoms with Gasteiger partial charge >= 0.3 is 0 Å². The van der Waals surface area contributed by atoms with E-state index in [-0.39, 0.29) is 11.5 Å². The molecule has 5 heteroatoms. The molecule has 25 heavy (non-hydrogen) atoms. The third kappa shape index (κ3) is 3.31. The molecular formula is C20H21N3O2. The summed E-state index contributed by atoms with van der Waals surface area (Å²) in [6.45, 7) is 7.37. The molecule has 1 N–H and O–H groups in total. The molecule has 128 valence electrons. The Hall–Kier alpha value is -2.95. The van der Waals surface area contributed by atoms with E-state index in [2.05, 4.69) is 10.3 Å². The summed E-state index contributed by atoms with van der Waals surface area (Å²) >= 11 is 0. The molecule has 1 heterocycles. The minimum Gasteiger partial charge on any atom is -0.326 e. The molecule has 5 nitrogen and oxygen atoms in total. The molecule has 0 saturated heterocycles. The normalized spacial score (nSPS) is 11.5. The van der Waals surface area contributed by atoms with Crippen LogP contribution in [-0.2, 0) is 4.79 Å². The van der Waals surface area contributed by atoms with Gasteiger partial charge in [-0.1, -0.05) is 39.0 Å². The highest BCUT2D eigenvalue weighted by Crippen LogP contribution is 2.20. The van der Waals surface area contributed by atoms with Crippen LogP contribution in [0.5, 0.6) is 0 Å². The van der Waals surface area contributed by atoms with E-state index in [0.717, 1.165) is 0 Å². The largest absolute Gasteiger partial charge is 0.326 e. The first-order chi connectivity index (χ1) is 11.8. The first-order valence-electron chi connectivity index (χ1n) is 8.17. The SMILES string of the molecule is Cc1nc2ccccc2c(=O)n1-c1cccc(NC(=O)C(C)(C)C)c1. The van der Waals surface area contributed by atoms with Crippen molar-refractivity contribution >= 4 is 22.5 Å². The molecule has 0 aliphatic carbocycles. The lowest BCUT2D eigenvalue weighted by atomic mass is 9.95. The van der Waals surface area contributed by atoms with Crippen LogP contribution in [0, 0.1) is 12.3 Å². The number of carbonyl (C=O) groups excluding carboxylic acids is 1. The quantitative estimate of drug-likeness (QED) is 0.777. The van der Waals surface area contributed by atoms with E-state index in [4.69, 9.17) is 0 Å². The van der Waals surface area contributed by atoms with E-state index >= 15 is 0 Å². The Morgan fingerprint density at radius 1 is 1.08 bits per heavy atom. The Balaban J connectivity index is 2.09. The Bertz CT molecular complexity index is 1010. The number of aryl methyl sites for hydroxylation is 1. The van der Waals surface area contributed by atoms with Crippen LogP contribution < -0.4 is 10.9 Å². The van der Waals surface area contributed by atoms with Gasteiger partial charge in [0.25, 0.3) is 5.56 Å². The van der Waals surface area contributed by atoms with Gasteiger partial charge in [0.2, 0.25) is 5.91 Å². The average molecular weight is 335 g/mol. The van der Waals surface area contributed by atoms with Crippen molar-refractivity contribution in [3.63, 3.8) is 0 Å². The van der Waals surface area contributed by atoms with Crippen molar-refractivity contribution in [3.05, 3.63) is 64.7 Å². The second-order valence-corrected chi connectivity index (χ2v) is 7.07. The van der Waals surface area contributed by atoms with Crippen LogP contribution in [0.2, 0.25) is 0 Å². The molecule has 0 bridgehead atoms. The fourth-order valence-corrected chi connectivity index (χ4v) is 2.59. The maximum absolute atomic E-state index is 12.9. The van der Waals surface area contributed by atoms with Crippen LogP contribution >= 0.6 is 0 Å². The third-order valence-corrected chi connectivity index (χ3v) is 3.99. The number of amides is 1. The zero-order valence-corrected chi connectivity index (χ0v) is 14.8. The fourth-order valence-electron chi connectivity index (χ4n) is 2.59. The van der Waals surface area contributed by atoms with Gasteiger partial charge < -0.3 is 5.32 Å². The predicted molar refractivity (Wildman–Crippen MR) is 100 cm³/mol. The molecule has 0 spiro atoms. The zero-order valence-electron chi connectivity index (χ0n) is 14.8. The summed E-state index contributed by atoms with van der Waals surface area (Å²) in [6, 6.07) is 14.5. The van der Waals surface area contributed by atoms with Gasteiger partial charge in [-0.05, 0) is 37.3 Å². The van der Waals surface area contributed by atoms with Gasteiger partial charge in [-0.3, -0.25) is 14.2 Å². The molecule has 0 saturated carbocycles. The van der Waals surface area contributed by atoms with Gasteiger partial charge in [0.05, 0.1) is 16.6 Å². The van der Waals surface area contributed by atoms with E-state index in [1.54, 1.807) is 23.6 Å². The minimum atomic E-state index is -0.493. The second kappa shape index (κ2) is 6.16. The minimum absolute atomic E-state index is 0.0784. The summed E-state index contributed by atoms with van der Waals surface area (Å²) in [5.41, 5.74) is 1.39. The Kier molecular flexibility index (Phi) is 4.17. The highest BCUT2D eigenvalue weighted by molar-refractivity contribution is 5.94. The Labute approximate surface area is 146 Å². The molecule has 0 unspecified atom stereocenters. The first kappa shape index (κ1) is 16.9. The number of nitrogens with one attached hydrogen (secondary N) is 1. The van der Waals surface area contributed by atoms with Gasteiger partial charge in [-0.25, -0.2) is 4.98 Å². The van der Waals surface area contributed by atoms with Crippen LogP contribution in [0.3, 0.4) is 0 Å². The van der Waals surface area contributed by atoms with E-state index in [0.29, 0.717) is 28.1 Å². The number of hydrogen-bond acceptors (Lipinski definition) is 3. The summed E-state index contributed by atoms with van der Waals surface area (Å²) in [5, 5.41) is 3.46. The maximum Gasteiger partial charge on any atom is 0.265 e. The number of carbonyl (C=O) groups is 1. The van der Waals surface area contributed by atoms with Crippen molar-refractivity contribution in [1.29, 1.82) is 0 Å². The standard InChI is InChI=1S/C20H21N3O2/c1-13-21-17-11-6-5-10-16(17)18(24)23(13)15-9-7-8-14(12-15)22-19(25)20(2,3)4/h5-12H,1-4H3,(H,22,25). The summed E-state index contributed by atoms with van der Waals surface area (Å²) in [5.74, 6) is 0.522. The van der Waals surface area contributed by atoms with Gasteiger partial charge in [0, 0.05) is 11.1 Å². The molecule has 3 aromatic rings. The van der Waals surface area contributed by atoms with Gasteiger partial charge in [0.15, 0.2) is 0 Å². The number of hydrogen-bond donors (Lipinski definition) is 1. The zero-order chi connectivity index (χ0) is 18.2. The summed E-state index contributed by atoms with van der Waals surface area (Å²) in [6.07, 6.45) is 0. The van der Waals surface area contributed by atoms with Crippen molar-refractivity contribution in [3.8, 4) is 5.69 Å². The molecule has 0 atom stereocenters. The third-order valence-electron chi connectivity index (χ3n) is 3.99. The number of anilines is 1. The van der Waals surface area contributed by atoms with Gasteiger partial charge in [-0.2, -0.15) is 0 Å². The van der Waals surface area contributed by atoms with E-state index in [1.165, 1.54) is 0 Å². The van der Waals surface area contributed by atoms with Crippen LogP contribution in [0.15, 0.2) is 53.3 Å². The molecule has 0 aliphatic heterocycles. The summed E-state index contributed by atoms with van der Waals surface area (Å²) < 4.78 is 1.56. The Morgan fingerprint density at radius 2 is 1.80 bits per heavy atom. The van der Waals surface area contributed by atoms with Crippen LogP contribution in [0.1, 0.15) is 26.6 Å². The topological polar surface area (TPSA) is 64.0 Å². The summed E-state index contributed by atoms with van der Waals surface area (Å²) in [7, 11) is 0. The number of aromatic nitrogens is 2. The lowest BCUT2D eigenvalue weighted by Crippen LogP contribution is -2.28. The lowest BCUT2D eigenvalue weighted by Gasteiger charge is -2.18. The van der Waals surface area contributed by atoms with Crippen LogP contribution in [-0.4, -0.2) is 15.5 Å². The smallest absolute Gasteiger partial charge is 0.265 e. The van der Waals surface area contributed by atoms with Crippen molar-refractivity contribution in [2.24, 2.45) is 5.41 Å². The second-order valence-electron chi connectivity index (χ2n) is 7.07. The van der Waals surface area contributed by atoms with Crippen LogP contribution in [0.4, 0.5) is 5.69 Å². The van der Waals surface area contributed by atoms with Crippen molar-refractivity contribution < 1.29 is 4.79 Å². The molecule has 1 amide bonds. The highest BCUT2D eigenvalue weighted by atomic mass is 16.2. The van der Waals surface area contributed by atoms with Crippen molar-refractivity contribution in [1.82, 2.24) is 9.55 Å². The number of fused-ring (bicyclic) bond motifs is 1. The molecule has 2 aromatic carbocycles. The van der Waals surface area contributed by atoms with E-state index in [1.807, 2.05) is 57.2 Å². The molecule has 0 aliphatic rings. The molecule has 0 fully saturated rings. The fraction of sp³-hybridized carbons (Fsp3) is 0.250. The summed E-state index contributed by atoms with van der Waals surface area (Å²) in [4.78, 5) is 29.6. The van der Waals surface area contributed by atoms with E-state index in [9.17, 15) is 9.59 Å². The Morgan fingerprint density at radius 3 is 2.52 bits per heavy atom. The van der Waals surface area contributed by atoms with Gasteiger partial charge in [-0.15, -0.1) is 0 Å². The molecule has 0 radical (unpaired) electrons. The first-order valence-corrected chi connectivity index (χ1v) is 8.17. The van der Waals surface area contributed by atoms with Crippen LogP contribution in [0.25, 0.3) is 16.6 Å².